The van der Waals surface area contributed by atoms with Gasteiger partial charge in [-0.1, -0.05) is 24.3 Å². The van der Waals surface area contributed by atoms with Gasteiger partial charge in [0.15, 0.2) is 9.84 Å². The zero-order chi connectivity index (χ0) is 28.2. The fourth-order valence-corrected chi connectivity index (χ4v) is 5.40. The number of amides is 1. The molecule has 9 nitrogen and oxygen atoms in total. The second-order valence-electron chi connectivity index (χ2n) is 8.88. The molecule has 13 heteroatoms. The predicted molar refractivity (Wildman–Crippen MR) is 140 cm³/mol. The normalized spacial score (nSPS) is 16.7. The molecule has 0 aliphatic carbocycles. The Morgan fingerprint density at radius 1 is 1.08 bits per heavy atom. The molecule has 3 aromatic rings. The first-order chi connectivity index (χ1) is 18.4. The fourth-order valence-electron chi connectivity index (χ4n) is 4.20. The molecule has 0 bridgehead atoms. The van der Waals surface area contributed by atoms with Gasteiger partial charge >= 0.3 is 12.1 Å². The number of fused-ring (bicyclic) bond motifs is 1. The Balaban J connectivity index is 0.000000448. The molecule has 0 unspecified atom stereocenters. The van der Waals surface area contributed by atoms with Crippen LogP contribution in [-0.2, 0) is 21.1 Å². The van der Waals surface area contributed by atoms with Crippen LogP contribution in [0.3, 0.4) is 0 Å². The van der Waals surface area contributed by atoms with Gasteiger partial charge < -0.3 is 20.3 Å². The lowest BCUT2D eigenvalue weighted by Crippen LogP contribution is -2.40. The quantitative estimate of drug-likeness (QED) is 0.444. The molecule has 1 amide bonds. The summed E-state index contributed by atoms with van der Waals surface area (Å²) in [6, 6.07) is 13.8. The van der Waals surface area contributed by atoms with E-state index in [9.17, 15) is 26.4 Å². The number of halogens is 3. The number of carbonyl (C=O) groups excluding carboxylic acids is 1. The van der Waals surface area contributed by atoms with Crippen LogP contribution in [-0.4, -0.2) is 72.7 Å². The van der Waals surface area contributed by atoms with E-state index in [0.29, 0.717) is 25.2 Å². The van der Waals surface area contributed by atoms with Crippen LogP contribution >= 0.6 is 0 Å². The Hall–Kier alpha value is -4.13. The number of rotatable bonds is 4. The molecule has 0 radical (unpaired) electrons. The predicted octanol–water partition coefficient (Wildman–Crippen LogP) is 3.40. The van der Waals surface area contributed by atoms with Crippen molar-refractivity contribution < 1.29 is 36.3 Å². The van der Waals surface area contributed by atoms with Crippen LogP contribution in [0.5, 0.6) is 0 Å². The standard InChI is InChI=1S/C24H24N4O3S.C2HF3O2/c29-24-20-16-22(27-21(20)8-10-26-24)18-7-9-25-19(15-18)6-5-17-3-1-2-4-23(17)28-11-13-32(30,31)14-12-28;3-2(4,5)1(6)7/h1-7,9,15-16,27H,8,10-14H2,(H,26,29);(H,6,7)/b6-5+;. The van der Waals surface area contributed by atoms with E-state index >= 15 is 0 Å². The molecule has 2 aromatic heterocycles. The van der Waals surface area contributed by atoms with Crippen molar-refractivity contribution >= 4 is 39.6 Å². The van der Waals surface area contributed by atoms with Crippen LogP contribution in [0.4, 0.5) is 18.9 Å². The molecule has 1 fully saturated rings. The monoisotopic (exact) mass is 562 g/mol. The second-order valence-corrected chi connectivity index (χ2v) is 11.2. The van der Waals surface area contributed by atoms with Crippen molar-refractivity contribution in [3.05, 3.63) is 71.2 Å². The van der Waals surface area contributed by atoms with Crippen molar-refractivity contribution in [1.29, 1.82) is 0 Å². The number of aromatic nitrogens is 2. The van der Waals surface area contributed by atoms with E-state index in [0.717, 1.165) is 40.3 Å². The number of H-pyrrole nitrogens is 1. The molecule has 2 aliphatic rings. The van der Waals surface area contributed by atoms with Crippen molar-refractivity contribution in [2.45, 2.75) is 12.6 Å². The average Bonchev–Trinajstić information content (AvgIpc) is 3.34. The Labute approximate surface area is 222 Å². The Bertz CT molecular complexity index is 1500. The Morgan fingerprint density at radius 2 is 1.77 bits per heavy atom. The van der Waals surface area contributed by atoms with E-state index in [1.54, 1.807) is 6.20 Å². The number of para-hydroxylation sites is 1. The highest BCUT2D eigenvalue weighted by Gasteiger charge is 2.38. The first-order valence-corrected chi connectivity index (χ1v) is 13.7. The highest BCUT2D eigenvalue weighted by atomic mass is 32.2. The SMILES string of the molecule is O=C(O)C(F)(F)F.O=C1NCCc2[nH]c(-c3ccnc(/C=C/c4ccccc4N4CCS(=O)(=O)CC4)c3)cc21. The van der Waals surface area contributed by atoms with Gasteiger partial charge in [0.1, 0.15) is 0 Å². The van der Waals surface area contributed by atoms with Gasteiger partial charge in [0.25, 0.3) is 5.91 Å². The van der Waals surface area contributed by atoms with Gasteiger partial charge in [0, 0.05) is 54.9 Å². The van der Waals surface area contributed by atoms with Crippen molar-refractivity contribution in [2.24, 2.45) is 0 Å². The van der Waals surface area contributed by atoms with Crippen LogP contribution < -0.4 is 10.2 Å². The number of hydrogen-bond acceptors (Lipinski definition) is 6. The number of aliphatic carboxylic acids is 1. The topological polar surface area (TPSA) is 132 Å². The fraction of sp³-hybridized carbons (Fsp3) is 0.269. The molecule has 0 saturated carbocycles. The van der Waals surface area contributed by atoms with Crippen LogP contribution in [0.2, 0.25) is 0 Å². The van der Waals surface area contributed by atoms with Crippen molar-refractivity contribution in [3.63, 3.8) is 0 Å². The summed E-state index contributed by atoms with van der Waals surface area (Å²) in [5.41, 5.74) is 6.39. The van der Waals surface area contributed by atoms with Crippen LogP contribution in [0.15, 0.2) is 48.7 Å². The molecule has 4 heterocycles. The lowest BCUT2D eigenvalue weighted by Gasteiger charge is -2.30. The van der Waals surface area contributed by atoms with Crippen molar-refractivity contribution in [3.8, 4) is 11.3 Å². The molecular weight excluding hydrogens is 537 g/mol. The number of pyridine rings is 1. The van der Waals surface area contributed by atoms with E-state index in [1.807, 2.05) is 54.6 Å². The van der Waals surface area contributed by atoms with Crippen molar-refractivity contribution in [2.75, 3.05) is 36.0 Å². The number of benzene rings is 1. The molecular formula is C26H25F3N4O5S. The van der Waals surface area contributed by atoms with E-state index < -0.39 is 22.0 Å². The van der Waals surface area contributed by atoms with E-state index in [2.05, 4.69) is 20.2 Å². The number of nitrogens with zero attached hydrogens (tertiary/aromatic N) is 2. The number of sulfone groups is 1. The summed E-state index contributed by atoms with van der Waals surface area (Å²) in [6.07, 6.45) is 1.44. The zero-order valence-electron chi connectivity index (χ0n) is 20.5. The number of aromatic amines is 1. The average molecular weight is 563 g/mol. The van der Waals surface area contributed by atoms with Crippen LogP contribution in [0.25, 0.3) is 23.4 Å². The summed E-state index contributed by atoms with van der Waals surface area (Å²) < 4.78 is 55.3. The molecule has 1 aromatic carbocycles. The summed E-state index contributed by atoms with van der Waals surface area (Å²) in [4.78, 5) is 30.9. The second kappa shape index (κ2) is 11.3. The van der Waals surface area contributed by atoms with E-state index in [4.69, 9.17) is 9.90 Å². The van der Waals surface area contributed by atoms with Gasteiger partial charge in [-0.3, -0.25) is 9.78 Å². The van der Waals surface area contributed by atoms with Gasteiger partial charge in [-0.2, -0.15) is 13.2 Å². The van der Waals surface area contributed by atoms with Gasteiger partial charge in [-0.25, -0.2) is 13.2 Å². The lowest BCUT2D eigenvalue weighted by atomic mass is 10.1. The third-order valence-electron chi connectivity index (χ3n) is 6.19. The minimum Gasteiger partial charge on any atom is -0.475 e. The molecule has 39 heavy (non-hydrogen) atoms. The maximum absolute atomic E-state index is 12.1. The lowest BCUT2D eigenvalue weighted by molar-refractivity contribution is -0.192. The van der Waals surface area contributed by atoms with Gasteiger partial charge in [-0.15, -0.1) is 0 Å². The Kier molecular flexibility index (Phi) is 8.09. The van der Waals surface area contributed by atoms with E-state index in [1.165, 1.54) is 0 Å². The highest BCUT2D eigenvalue weighted by molar-refractivity contribution is 7.91. The number of nitrogens with one attached hydrogen (secondary N) is 2. The first kappa shape index (κ1) is 27.9. The maximum atomic E-state index is 12.1. The number of carbonyl (C=O) groups is 2. The molecule has 0 spiro atoms. The zero-order valence-corrected chi connectivity index (χ0v) is 21.3. The minimum absolute atomic E-state index is 0.0370. The number of carboxylic acid groups (broad SMARTS) is 1. The molecule has 0 atom stereocenters. The summed E-state index contributed by atoms with van der Waals surface area (Å²) in [5.74, 6) is -2.42. The molecule has 5 rings (SSSR count). The third kappa shape index (κ3) is 7.05. The van der Waals surface area contributed by atoms with Crippen LogP contribution in [0, 0.1) is 0 Å². The minimum atomic E-state index is -5.08. The summed E-state index contributed by atoms with van der Waals surface area (Å²) >= 11 is 0. The van der Waals surface area contributed by atoms with Crippen molar-refractivity contribution in [1.82, 2.24) is 15.3 Å². The number of carboxylic acids is 1. The Morgan fingerprint density at radius 3 is 2.44 bits per heavy atom. The molecule has 2 aliphatic heterocycles. The molecule has 1 saturated heterocycles. The summed E-state index contributed by atoms with van der Waals surface area (Å²) in [7, 11) is -2.93. The largest absolute Gasteiger partial charge is 0.490 e. The van der Waals surface area contributed by atoms with Gasteiger partial charge in [0.2, 0.25) is 0 Å². The maximum Gasteiger partial charge on any atom is 0.490 e. The molecule has 206 valence electrons. The van der Waals surface area contributed by atoms with Crippen LogP contribution in [0.1, 0.15) is 27.3 Å². The van der Waals surface area contributed by atoms with Gasteiger partial charge in [0.05, 0.1) is 22.8 Å². The smallest absolute Gasteiger partial charge is 0.475 e. The highest BCUT2D eigenvalue weighted by Crippen LogP contribution is 2.26. The summed E-state index contributed by atoms with van der Waals surface area (Å²) in [6.45, 7) is 1.66. The van der Waals surface area contributed by atoms with E-state index in [-0.39, 0.29) is 17.4 Å². The molecule has 3 N–H and O–H groups in total. The van der Waals surface area contributed by atoms with Gasteiger partial charge in [-0.05, 0) is 35.9 Å². The number of alkyl halides is 3. The first-order valence-electron chi connectivity index (χ1n) is 11.9. The number of hydrogen-bond donors (Lipinski definition) is 3. The summed E-state index contributed by atoms with van der Waals surface area (Å²) in [5, 5.41) is 9.99. The number of anilines is 1. The third-order valence-corrected chi connectivity index (χ3v) is 7.80.